The van der Waals surface area contributed by atoms with E-state index in [0.29, 0.717) is 24.6 Å². The molecule has 5 rings (SSSR count). The third-order valence-electron chi connectivity index (χ3n) is 8.68. The van der Waals surface area contributed by atoms with Crippen molar-refractivity contribution in [3.05, 3.63) is 94.0 Å². The maximum Gasteiger partial charge on any atom is 0.508 e. The summed E-state index contributed by atoms with van der Waals surface area (Å²) in [4.78, 5) is 56.0. The second-order valence-electron chi connectivity index (χ2n) is 12.3. The van der Waals surface area contributed by atoms with Gasteiger partial charge in [-0.25, -0.2) is 9.59 Å². The van der Waals surface area contributed by atoms with Gasteiger partial charge in [-0.05, 0) is 54.7 Å². The number of hydrogen-bond acceptors (Lipinski definition) is 10. The van der Waals surface area contributed by atoms with Gasteiger partial charge in [-0.1, -0.05) is 55.5 Å². The van der Waals surface area contributed by atoms with Gasteiger partial charge in [0.05, 0.1) is 0 Å². The van der Waals surface area contributed by atoms with E-state index in [2.05, 4.69) is 21.1 Å². The summed E-state index contributed by atoms with van der Waals surface area (Å²) in [7, 11) is 0. The van der Waals surface area contributed by atoms with Gasteiger partial charge in [0.1, 0.15) is 37.5 Å². The third kappa shape index (κ3) is 10.5. The largest absolute Gasteiger partial charge is 0.508 e. The van der Waals surface area contributed by atoms with Gasteiger partial charge in [-0.15, -0.1) is 6.42 Å². The first kappa shape index (κ1) is 35.3. The van der Waals surface area contributed by atoms with Crippen LogP contribution in [0.1, 0.15) is 73.2 Å². The number of aromatic nitrogens is 2. The van der Waals surface area contributed by atoms with Crippen molar-refractivity contribution in [2.45, 2.75) is 70.4 Å². The Hall–Kier alpha value is -4.99. The fourth-order valence-corrected chi connectivity index (χ4v) is 6.22. The monoisotopic (exact) mass is 670 g/mol. The molecule has 1 aromatic heterocycles. The van der Waals surface area contributed by atoms with Gasteiger partial charge in [0.2, 0.25) is 0 Å². The number of esters is 1. The number of carbonyl (C=O) groups excluding carboxylic acids is 3. The lowest BCUT2D eigenvalue weighted by Crippen LogP contribution is -2.34. The lowest BCUT2D eigenvalue weighted by molar-refractivity contribution is -0.150. The highest BCUT2D eigenvalue weighted by atomic mass is 16.7. The van der Waals surface area contributed by atoms with Gasteiger partial charge >= 0.3 is 17.8 Å². The van der Waals surface area contributed by atoms with Crippen molar-refractivity contribution >= 4 is 23.8 Å². The average molecular weight is 671 g/mol. The summed E-state index contributed by atoms with van der Waals surface area (Å²) in [5, 5.41) is 2.60. The molecule has 49 heavy (non-hydrogen) atoms. The van der Waals surface area contributed by atoms with Crippen molar-refractivity contribution in [1.82, 2.24) is 14.5 Å². The van der Waals surface area contributed by atoms with E-state index in [9.17, 15) is 19.2 Å². The van der Waals surface area contributed by atoms with Crippen LogP contribution in [0, 0.1) is 18.3 Å². The Morgan fingerprint density at radius 3 is 2.49 bits per heavy atom. The Kier molecular flexibility index (Phi) is 12.6. The van der Waals surface area contributed by atoms with Gasteiger partial charge in [0, 0.05) is 50.3 Å². The minimum absolute atomic E-state index is 0.0753. The van der Waals surface area contributed by atoms with E-state index >= 15 is 0 Å². The van der Waals surface area contributed by atoms with E-state index in [4.69, 9.17) is 25.4 Å². The zero-order valence-corrected chi connectivity index (χ0v) is 27.6. The molecule has 258 valence electrons. The molecule has 3 aromatic rings. The average Bonchev–Trinajstić information content (AvgIpc) is 3.49. The molecule has 2 aliphatic rings. The number of rotatable bonds is 13. The number of terminal acetylenes is 1. The highest BCUT2D eigenvalue weighted by Crippen LogP contribution is 2.30. The molecular formula is C37H42N4O8. The summed E-state index contributed by atoms with van der Waals surface area (Å²) in [6.07, 6.45) is 9.84. The Balaban J connectivity index is 1.13. The zero-order chi connectivity index (χ0) is 34.6. The van der Waals surface area contributed by atoms with Crippen molar-refractivity contribution in [3.8, 4) is 12.3 Å². The second kappa shape index (κ2) is 17.4. The first-order valence-corrected chi connectivity index (χ1v) is 16.6. The van der Waals surface area contributed by atoms with E-state index < -0.39 is 42.2 Å². The summed E-state index contributed by atoms with van der Waals surface area (Å²) in [5.74, 6) is 2.36. The Morgan fingerprint density at radius 1 is 1.04 bits per heavy atom. The van der Waals surface area contributed by atoms with Crippen LogP contribution >= 0.6 is 0 Å². The molecule has 12 nitrogen and oxygen atoms in total. The minimum atomic E-state index is -0.873. The first-order valence-electron chi connectivity index (χ1n) is 16.6. The highest BCUT2D eigenvalue weighted by molar-refractivity contribution is 6.03. The number of nitrogens with zero attached hydrogens (tertiary/aromatic N) is 3. The molecule has 1 aliphatic carbocycles. The standard InChI is InChI=1S/C37H42N4O8/c1-3-27-14-16-29(17-15-27)24-40(23-28-10-6-4-7-11-28)20-21-46-37(45)47-25-32-31(48-26(2)42)22-34(49-32)41-19-18-33(39-36(41)44)38-35(43)30-12-8-5-9-13-30/h1,5,8-9,12-19,28,31-32,34H,4,6-7,10-11,20-25H2,2H3,(H,38,39,43,44)/t31?,32-,34-/m1/s1. The van der Waals surface area contributed by atoms with E-state index in [1.807, 2.05) is 24.3 Å². The van der Waals surface area contributed by atoms with Gasteiger partial charge < -0.3 is 24.3 Å². The second-order valence-corrected chi connectivity index (χ2v) is 12.3. The normalized spacial score (nSPS) is 19.2. The summed E-state index contributed by atoms with van der Waals surface area (Å²) in [6.45, 7) is 3.27. The molecule has 0 radical (unpaired) electrons. The molecule has 1 N–H and O–H groups in total. The van der Waals surface area contributed by atoms with Crippen LogP contribution < -0.4 is 11.0 Å². The maximum atomic E-state index is 12.9. The van der Waals surface area contributed by atoms with Crippen LogP contribution in [0.4, 0.5) is 10.6 Å². The Morgan fingerprint density at radius 2 is 1.80 bits per heavy atom. The summed E-state index contributed by atoms with van der Waals surface area (Å²) in [6, 6.07) is 17.9. The van der Waals surface area contributed by atoms with E-state index in [-0.39, 0.29) is 25.5 Å². The van der Waals surface area contributed by atoms with Crippen LogP contribution in [0.2, 0.25) is 0 Å². The number of hydrogen-bond donors (Lipinski definition) is 1. The van der Waals surface area contributed by atoms with Crippen molar-refractivity contribution < 1.29 is 33.3 Å². The topological polar surface area (TPSA) is 138 Å². The smallest absolute Gasteiger partial charge is 0.459 e. The molecule has 1 amide bonds. The lowest BCUT2D eigenvalue weighted by atomic mass is 9.89. The lowest BCUT2D eigenvalue weighted by Gasteiger charge is -2.29. The van der Waals surface area contributed by atoms with E-state index in [1.54, 1.807) is 30.3 Å². The summed E-state index contributed by atoms with van der Waals surface area (Å²) < 4.78 is 23.4. The van der Waals surface area contributed by atoms with Crippen molar-refractivity contribution in [3.63, 3.8) is 0 Å². The molecule has 2 aromatic carbocycles. The zero-order valence-electron chi connectivity index (χ0n) is 27.6. The van der Waals surface area contributed by atoms with Crippen LogP contribution in [0.15, 0.2) is 71.7 Å². The number of benzene rings is 2. The SMILES string of the molecule is C#Cc1ccc(CN(CCOC(=O)OC[C@H]2O[C@@H](n3ccc(NC(=O)c4ccccc4)nc3=O)CC2OC(C)=O)CC2CCCCC2)cc1. The molecule has 2 heterocycles. The highest BCUT2D eigenvalue weighted by Gasteiger charge is 2.40. The first-order chi connectivity index (χ1) is 23.8. The molecule has 1 saturated heterocycles. The molecule has 0 bridgehead atoms. The molecule has 1 unspecified atom stereocenters. The number of carbonyl (C=O) groups is 3. The van der Waals surface area contributed by atoms with Crippen LogP contribution in [0.25, 0.3) is 0 Å². The van der Waals surface area contributed by atoms with Crippen LogP contribution in [0.5, 0.6) is 0 Å². The van der Waals surface area contributed by atoms with Gasteiger partial charge in [0.15, 0.2) is 0 Å². The number of amides is 1. The Bertz CT molecular complexity index is 1660. The van der Waals surface area contributed by atoms with Crippen molar-refractivity contribution in [1.29, 1.82) is 0 Å². The predicted molar refractivity (Wildman–Crippen MR) is 181 cm³/mol. The molecular weight excluding hydrogens is 628 g/mol. The quantitative estimate of drug-likeness (QED) is 0.197. The van der Waals surface area contributed by atoms with E-state index in [0.717, 1.165) is 17.7 Å². The third-order valence-corrected chi connectivity index (χ3v) is 8.68. The number of anilines is 1. The van der Waals surface area contributed by atoms with E-state index in [1.165, 1.54) is 55.9 Å². The molecule has 2 fully saturated rings. The van der Waals surface area contributed by atoms with Crippen molar-refractivity contribution in [2.24, 2.45) is 5.92 Å². The minimum Gasteiger partial charge on any atom is -0.459 e. The molecule has 3 atom stereocenters. The molecule has 1 aliphatic heterocycles. The summed E-state index contributed by atoms with van der Waals surface area (Å²) in [5.41, 5.74) is 1.70. The maximum absolute atomic E-state index is 12.9. The fraction of sp³-hybridized carbons (Fsp3) is 0.432. The Labute approximate surface area is 285 Å². The van der Waals surface area contributed by atoms with Gasteiger partial charge in [-0.3, -0.25) is 19.1 Å². The van der Waals surface area contributed by atoms with Gasteiger partial charge in [0.25, 0.3) is 5.91 Å². The van der Waals surface area contributed by atoms with Gasteiger partial charge in [-0.2, -0.15) is 4.98 Å². The van der Waals surface area contributed by atoms with Crippen molar-refractivity contribution in [2.75, 3.05) is 31.6 Å². The molecule has 12 heteroatoms. The fourth-order valence-electron chi connectivity index (χ4n) is 6.22. The number of nitrogens with one attached hydrogen (secondary N) is 1. The van der Waals surface area contributed by atoms with Crippen LogP contribution in [0.3, 0.4) is 0 Å². The van der Waals surface area contributed by atoms with Crippen LogP contribution in [-0.2, 0) is 30.3 Å². The predicted octanol–water partition coefficient (Wildman–Crippen LogP) is 4.93. The summed E-state index contributed by atoms with van der Waals surface area (Å²) >= 11 is 0. The molecule has 1 saturated carbocycles. The number of ether oxygens (including phenoxy) is 4. The molecule has 0 spiro atoms. The van der Waals surface area contributed by atoms with Crippen LogP contribution in [-0.4, -0.2) is 71.0 Å².